The fourth-order valence-electron chi connectivity index (χ4n) is 1.82. The van der Waals surface area contributed by atoms with Crippen LogP contribution in [0.5, 0.6) is 0 Å². The lowest BCUT2D eigenvalue weighted by atomic mass is 10.0. The number of carbonyl (C=O) groups is 1. The number of benzene rings is 1. The highest BCUT2D eigenvalue weighted by molar-refractivity contribution is 5.97. The second-order valence-corrected chi connectivity index (χ2v) is 5.00. The number of aliphatic hydroxyl groups is 1. The van der Waals surface area contributed by atoms with Crippen LogP contribution in [-0.4, -0.2) is 35.6 Å². The fraction of sp³-hybridized carbons (Fsp3) is 0.471. The average Bonchev–Trinajstić information content (AvgIpc) is 2.46. The lowest BCUT2D eigenvalue weighted by molar-refractivity contribution is 0.0740. The molecule has 1 amide bonds. The van der Waals surface area contributed by atoms with Gasteiger partial charge in [0.25, 0.3) is 5.91 Å². The molecule has 0 radical (unpaired) electrons. The Hall–Kier alpha value is -1.79. The number of aliphatic hydroxyl groups excluding tert-OH is 1. The molecule has 1 unspecified atom stereocenters. The van der Waals surface area contributed by atoms with Crippen molar-refractivity contribution >= 4 is 5.91 Å². The molecule has 1 aromatic carbocycles. The van der Waals surface area contributed by atoms with Crippen molar-refractivity contribution in [3.8, 4) is 11.8 Å². The molecule has 1 atom stereocenters. The third-order valence-electron chi connectivity index (χ3n) is 3.44. The monoisotopic (exact) mass is 273 g/mol. The lowest BCUT2D eigenvalue weighted by Crippen LogP contribution is -2.35. The van der Waals surface area contributed by atoms with Gasteiger partial charge >= 0.3 is 0 Å². The molecule has 0 aliphatic heterocycles. The molecule has 0 bridgehead atoms. The standard InChI is InChI=1S/C17H23NO2/c1-5-14(3)18(4)17(20)16-12-13(2)9-10-15(16)8-6-7-11-19/h9-10,12,14,19H,5,7,11H2,1-4H3. The predicted molar refractivity (Wildman–Crippen MR) is 81.6 cm³/mol. The van der Waals surface area contributed by atoms with Crippen LogP contribution in [0.1, 0.15) is 48.2 Å². The van der Waals surface area contributed by atoms with Gasteiger partial charge in [0, 0.05) is 25.1 Å². The Kier molecular flexibility index (Phi) is 6.27. The van der Waals surface area contributed by atoms with Crippen molar-refractivity contribution in [1.29, 1.82) is 0 Å². The van der Waals surface area contributed by atoms with Gasteiger partial charge in [-0.2, -0.15) is 0 Å². The molecule has 0 aliphatic rings. The van der Waals surface area contributed by atoms with Crippen LogP contribution in [0.15, 0.2) is 18.2 Å². The van der Waals surface area contributed by atoms with Gasteiger partial charge in [-0.15, -0.1) is 0 Å². The van der Waals surface area contributed by atoms with Crippen LogP contribution in [0.3, 0.4) is 0 Å². The number of aryl methyl sites for hydroxylation is 1. The van der Waals surface area contributed by atoms with Gasteiger partial charge < -0.3 is 10.0 Å². The molecular weight excluding hydrogens is 250 g/mol. The van der Waals surface area contributed by atoms with E-state index < -0.39 is 0 Å². The van der Waals surface area contributed by atoms with Gasteiger partial charge in [-0.05, 0) is 32.4 Å². The van der Waals surface area contributed by atoms with Crippen molar-refractivity contribution in [1.82, 2.24) is 4.90 Å². The van der Waals surface area contributed by atoms with Gasteiger partial charge in [-0.1, -0.05) is 30.4 Å². The molecule has 0 fully saturated rings. The minimum atomic E-state index is -0.00338. The number of hydrogen-bond donors (Lipinski definition) is 1. The van der Waals surface area contributed by atoms with Crippen LogP contribution in [0.25, 0.3) is 0 Å². The molecule has 108 valence electrons. The minimum Gasteiger partial charge on any atom is -0.395 e. The van der Waals surface area contributed by atoms with Gasteiger partial charge in [0.15, 0.2) is 0 Å². The Bertz CT molecular complexity index is 526. The number of rotatable bonds is 4. The van der Waals surface area contributed by atoms with Crippen molar-refractivity contribution in [3.63, 3.8) is 0 Å². The van der Waals surface area contributed by atoms with E-state index in [-0.39, 0.29) is 18.6 Å². The lowest BCUT2D eigenvalue weighted by Gasteiger charge is -2.24. The summed E-state index contributed by atoms with van der Waals surface area (Å²) in [6.07, 6.45) is 1.34. The minimum absolute atomic E-state index is 0.00338. The Balaban J connectivity index is 3.12. The first-order valence-electron chi connectivity index (χ1n) is 6.98. The van der Waals surface area contributed by atoms with E-state index in [0.29, 0.717) is 12.0 Å². The van der Waals surface area contributed by atoms with E-state index in [2.05, 4.69) is 18.8 Å². The van der Waals surface area contributed by atoms with Crippen LogP contribution < -0.4 is 0 Å². The van der Waals surface area contributed by atoms with E-state index in [0.717, 1.165) is 17.5 Å². The SMILES string of the molecule is CCC(C)N(C)C(=O)c1cc(C)ccc1C#CCCO. The van der Waals surface area contributed by atoms with Crippen molar-refractivity contribution < 1.29 is 9.90 Å². The Morgan fingerprint density at radius 2 is 2.15 bits per heavy atom. The molecule has 0 aromatic heterocycles. The summed E-state index contributed by atoms with van der Waals surface area (Å²) in [5.74, 6) is 5.85. The van der Waals surface area contributed by atoms with Crippen LogP contribution >= 0.6 is 0 Å². The summed E-state index contributed by atoms with van der Waals surface area (Å²) in [7, 11) is 1.82. The maximum atomic E-state index is 12.6. The highest BCUT2D eigenvalue weighted by Crippen LogP contribution is 2.15. The normalized spacial score (nSPS) is 11.4. The summed E-state index contributed by atoms with van der Waals surface area (Å²) >= 11 is 0. The van der Waals surface area contributed by atoms with Crippen molar-refractivity contribution in [2.75, 3.05) is 13.7 Å². The molecule has 1 N–H and O–H groups in total. The number of amides is 1. The van der Waals surface area contributed by atoms with E-state index in [9.17, 15) is 4.79 Å². The van der Waals surface area contributed by atoms with E-state index in [1.807, 2.05) is 39.1 Å². The largest absolute Gasteiger partial charge is 0.395 e. The van der Waals surface area contributed by atoms with Crippen LogP contribution in [0, 0.1) is 18.8 Å². The Morgan fingerprint density at radius 1 is 1.45 bits per heavy atom. The highest BCUT2D eigenvalue weighted by atomic mass is 16.2. The summed E-state index contributed by atoms with van der Waals surface area (Å²) in [6, 6.07) is 5.89. The first kappa shape index (κ1) is 16.3. The van der Waals surface area contributed by atoms with E-state index in [4.69, 9.17) is 5.11 Å². The molecular formula is C17H23NO2. The second kappa shape index (κ2) is 7.72. The maximum Gasteiger partial charge on any atom is 0.255 e. The Labute approximate surface area is 121 Å². The van der Waals surface area contributed by atoms with E-state index in [1.165, 1.54) is 0 Å². The number of carbonyl (C=O) groups excluding carboxylic acids is 1. The van der Waals surface area contributed by atoms with E-state index >= 15 is 0 Å². The third kappa shape index (κ3) is 4.11. The van der Waals surface area contributed by atoms with Gasteiger partial charge in [0.2, 0.25) is 0 Å². The quantitative estimate of drug-likeness (QED) is 0.857. The first-order valence-corrected chi connectivity index (χ1v) is 6.98. The predicted octanol–water partition coefficient (Wildman–Crippen LogP) is 2.60. The molecule has 3 nitrogen and oxygen atoms in total. The summed E-state index contributed by atoms with van der Waals surface area (Å²) in [4.78, 5) is 14.3. The summed E-state index contributed by atoms with van der Waals surface area (Å²) < 4.78 is 0. The molecule has 20 heavy (non-hydrogen) atoms. The van der Waals surface area contributed by atoms with Crippen molar-refractivity contribution in [3.05, 3.63) is 34.9 Å². The zero-order valence-corrected chi connectivity index (χ0v) is 12.7. The molecule has 0 aliphatic carbocycles. The number of nitrogens with zero attached hydrogens (tertiary/aromatic N) is 1. The number of hydrogen-bond acceptors (Lipinski definition) is 2. The van der Waals surface area contributed by atoms with Crippen LogP contribution in [-0.2, 0) is 0 Å². The summed E-state index contributed by atoms with van der Waals surface area (Å²) in [6.45, 7) is 6.09. The molecule has 0 heterocycles. The third-order valence-corrected chi connectivity index (χ3v) is 3.44. The van der Waals surface area contributed by atoms with Crippen LogP contribution in [0.4, 0.5) is 0 Å². The molecule has 1 rings (SSSR count). The van der Waals surface area contributed by atoms with Gasteiger partial charge in [-0.3, -0.25) is 4.79 Å². The van der Waals surface area contributed by atoms with Gasteiger partial charge in [0.05, 0.1) is 12.2 Å². The van der Waals surface area contributed by atoms with Crippen LogP contribution in [0.2, 0.25) is 0 Å². The summed E-state index contributed by atoms with van der Waals surface area (Å²) in [5.41, 5.74) is 2.40. The Morgan fingerprint density at radius 3 is 2.75 bits per heavy atom. The molecule has 0 spiro atoms. The topological polar surface area (TPSA) is 40.5 Å². The van der Waals surface area contributed by atoms with Crippen molar-refractivity contribution in [2.45, 2.75) is 39.7 Å². The highest BCUT2D eigenvalue weighted by Gasteiger charge is 2.18. The summed E-state index contributed by atoms with van der Waals surface area (Å²) in [5, 5.41) is 8.78. The zero-order valence-electron chi connectivity index (χ0n) is 12.7. The first-order chi connectivity index (χ1) is 9.51. The molecule has 1 aromatic rings. The molecule has 0 saturated heterocycles. The van der Waals surface area contributed by atoms with Crippen molar-refractivity contribution in [2.24, 2.45) is 0 Å². The van der Waals surface area contributed by atoms with E-state index in [1.54, 1.807) is 4.90 Å². The smallest absolute Gasteiger partial charge is 0.255 e. The van der Waals surface area contributed by atoms with Gasteiger partial charge in [0.1, 0.15) is 0 Å². The average molecular weight is 273 g/mol. The fourth-order valence-corrected chi connectivity index (χ4v) is 1.82. The van der Waals surface area contributed by atoms with Gasteiger partial charge in [-0.25, -0.2) is 0 Å². The second-order valence-electron chi connectivity index (χ2n) is 5.00. The molecule has 3 heteroatoms. The molecule has 0 saturated carbocycles. The maximum absolute atomic E-state index is 12.6. The zero-order chi connectivity index (χ0) is 15.1.